The summed E-state index contributed by atoms with van der Waals surface area (Å²) in [5.74, 6) is 0. The molecule has 1 aromatic rings. The number of hydrogen-bond donors (Lipinski definition) is 2. The van der Waals surface area contributed by atoms with E-state index in [0.29, 0.717) is 11.4 Å². The predicted molar refractivity (Wildman–Crippen MR) is 86.1 cm³/mol. The molecule has 0 radical (unpaired) electrons. The Morgan fingerprint density at radius 1 is 1.19 bits per heavy atom. The molecule has 1 fully saturated rings. The van der Waals surface area contributed by atoms with Gasteiger partial charge in [-0.25, -0.2) is 13.1 Å². The molecule has 0 unspecified atom stereocenters. The first-order chi connectivity index (χ1) is 10.0. The lowest BCUT2D eigenvalue weighted by atomic mass is 10.3. The first kappa shape index (κ1) is 16.3. The minimum absolute atomic E-state index is 0.316. The summed E-state index contributed by atoms with van der Waals surface area (Å²) in [6.07, 6.45) is 3.41. The number of nitrogens with one attached hydrogen (secondary N) is 2. The number of likely N-dealkylation sites (N-methyl/N-ethyl adjacent to an activating group) is 1. The minimum Gasteiger partial charge on any atom is -0.384 e. The molecule has 21 heavy (non-hydrogen) atoms. The van der Waals surface area contributed by atoms with Crippen LogP contribution in [0.5, 0.6) is 0 Å². The van der Waals surface area contributed by atoms with E-state index < -0.39 is 10.0 Å². The first-order valence-corrected chi connectivity index (χ1v) is 9.05. The van der Waals surface area contributed by atoms with Gasteiger partial charge in [-0.3, -0.25) is 0 Å². The van der Waals surface area contributed by atoms with E-state index in [1.54, 1.807) is 12.1 Å². The molecule has 1 saturated carbocycles. The molecule has 0 heterocycles. The van der Waals surface area contributed by atoms with Crippen molar-refractivity contribution in [1.29, 1.82) is 0 Å². The van der Waals surface area contributed by atoms with Gasteiger partial charge in [-0.1, -0.05) is 6.92 Å². The molecule has 1 aromatic carbocycles. The van der Waals surface area contributed by atoms with Crippen molar-refractivity contribution >= 4 is 15.7 Å². The fourth-order valence-corrected chi connectivity index (χ4v) is 3.28. The van der Waals surface area contributed by atoms with Crippen molar-refractivity contribution in [3.8, 4) is 0 Å². The van der Waals surface area contributed by atoms with E-state index in [-0.39, 0.29) is 0 Å². The summed E-state index contributed by atoms with van der Waals surface area (Å²) in [6.45, 7) is 4.28. The highest BCUT2D eigenvalue weighted by Gasteiger charge is 2.25. The zero-order valence-corrected chi connectivity index (χ0v) is 13.6. The Balaban J connectivity index is 1.83. The SMILES string of the molecule is CCCNS(=O)(=O)c1ccc(NCCN(C)C2CC2)cc1. The molecule has 5 nitrogen and oxygen atoms in total. The lowest BCUT2D eigenvalue weighted by Crippen LogP contribution is -2.27. The molecule has 0 amide bonds. The second-order valence-corrected chi connectivity index (χ2v) is 7.33. The van der Waals surface area contributed by atoms with Gasteiger partial charge in [-0.2, -0.15) is 0 Å². The van der Waals surface area contributed by atoms with Crippen molar-refractivity contribution in [2.45, 2.75) is 37.1 Å². The molecule has 0 saturated heterocycles. The van der Waals surface area contributed by atoms with Crippen LogP contribution in [0.2, 0.25) is 0 Å². The van der Waals surface area contributed by atoms with E-state index in [9.17, 15) is 8.42 Å². The van der Waals surface area contributed by atoms with Gasteiger partial charge in [0.05, 0.1) is 4.90 Å². The number of nitrogens with zero attached hydrogens (tertiary/aromatic N) is 1. The summed E-state index contributed by atoms with van der Waals surface area (Å²) in [5, 5.41) is 3.32. The Morgan fingerprint density at radius 2 is 1.86 bits per heavy atom. The Labute approximate surface area is 127 Å². The van der Waals surface area contributed by atoms with Gasteiger partial charge < -0.3 is 10.2 Å². The second kappa shape index (κ2) is 7.24. The molecule has 2 N–H and O–H groups in total. The van der Waals surface area contributed by atoms with Crippen molar-refractivity contribution < 1.29 is 8.42 Å². The topological polar surface area (TPSA) is 61.4 Å². The number of hydrogen-bond acceptors (Lipinski definition) is 4. The van der Waals surface area contributed by atoms with E-state index in [4.69, 9.17) is 0 Å². The van der Waals surface area contributed by atoms with Gasteiger partial charge in [0.25, 0.3) is 0 Å². The van der Waals surface area contributed by atoms with E-state index in [2.05, 4.69) is 22.0 Å². The number of benzene rings is 1. The third-order valence-corrected chi connectivity index (χ3v) is 5.15. The Kier molecular flexibility index (Phi) is 5.61. The first-order valence-electron chi connectivity index (χ1n) is 7.57. The average Bonchev–Trinajstić information content (AvgIpc) is 3.30. The van der Waals surface area contributed by atoms with Crippen molar-refractivity contribution in [2.75, 3.05) is 32.0 Å². The standard InChI is InChI=1S/C15H25N3O2S/c1-3-10-17-21(19,20)15-8-4-13(5-9-15)16-11-12-18(2)14-6-7-14/h4-5,8-9,14,16-17H,3,6-7,10-12H2,1-2H3. The van der Waals surface area contributed by atoms with Crippen LogP contribution in [0.25, 0.3) is 0 Å². The highest BCUT2D eigenvalue weighted by atomic mass is 32.2. The van der Waals surface area contributed by atoms with Crippen LogP contribution in [-0.4, -0.2) is 46.0 Å². The molecule has 118 valence electrons. The van der Waals surface area contributed by atoms with Gasteiger partial charge in [0.1, 0.15) is 0 Å². The second-order valence-electron chi connectivity index (χ2n) is 5.56. The molecule has 1 aliphatic rings. The van der Waals surface area contributed by atoms with Gasteiger partial charge in [-0.15, -0.1) is 0 Å². The summed E-state index contributed by atoms with van der Waals surface area (Å²) in [5.41, 5.74) is 0.952. The van der Waals surface area contributed by atoms with Gasteiger partial charge in [0.15, 0.2) is 0 Å². The summed E-state index contributed by atoms with van der Waals surface area (Å²) < 4.78 is 26.5. The van der Waals surface area contributed by atoms with Crippen molar-refractivity contribution in [3.63, 3.8) is 0 Å². The highest BCUT2D eigenvalue weighted by molar-refractivity contribution is 7.89. The minimum atomic E-state index is -3.36. The lowest BCUT2D eigenvalue weighted by molar-refractivity contribution is 0.337. The number of sulfonamides is 1. The summed E-state index contributed by atoms with van der Waals surface area (Å²) in [4.78, 5) is 2.68. The lowest BCUT2D eigenvalue weighted by Gasteiger charge is -2.16. The maximum atomic E-state index is 11.9. The van der Waals surface area contributed by atoms with Gasteiger partial charge in [0.2, 0.25) is 10.0 Å². The van der Waals surface area contributed by atoms with E-state index >= 15 is 0 Å². The molecular weight excluding hydrogens is 286 g/mol. The van der Waals surface area contributed by atoms with Crippen LogP contribution in [0.4, 0.5) is 5.69 Å². The fraction of sp³-hybridized carbons (Fsp3) is 0.600. The molecule has 0 spiro atoms. The molecule has 2 rings (SSSR count). The fourth-order valence-electron chi connectivity index (χ4n) is 2.15. The number of rotatable bonds is 9. The van der Waals surface area contributed by atoms with Crippen LogP contribution in [-0.2, 0) is 10.0 Å². The Bertz CT molecular complexity index is 539. The van der Waals surface area contributed by atoms with Gasteiger partial charge >= 0.3 is 0 Å². The molecule has 0 aliphatic heterocycles. The maximum Gasteiger partial charge on any atom is 0.240 e. The van der Waals surface area contributed by atoms with Crippen LogP contribution in [0.1, 0.15) is 26.2 Å². The van der Waals surface area contributed by atoms with Gasteiger partial charge in [0, 0.05) is 31.4 Å². The molecule has 0 atom stereocenters. The maximum absolute atomic E-state index is 11.9. The number of anilines is 1. The quantitative estimate of drug-likeness (QED) is 0.731. The normalized spacial score (nSPS) is 15.4. The molecular formula is C15H25N3O2S. The van der Waals surface area contributed by atoms with E-state index in [1.807, 2.05) is 19.1 Å². The van der Waals surface area contributed by atoms with Crippen LogP contribution < -0.4 is 10.0 Å². The van der Waals surface area contributed by atoms with Crippen LogP contribution in [0.3, 0.4) is 0 Å². The zero-order valence-electron chi connectivity index (χ0n) is 12.8. The summed E-state index contributed by atoms with van der Waals surface area (Å²) in [7, 11) is -1.21. The van der Waals surface area contributed by atoms with E-state index in [1.165, 1.54) is 12.8 Å². The molecule has 0 aromatic heterocycles. The average molecular weight is 311 g/mol. The molecule has 6 heteroatoms. The van der Waals surface area contributed by atoms with Crippen LogP contribution in [0, 0.1) is 0 Å². The highest BCUT2D eigenvalue weighted by Crippen LogP contribution is 2.24. The van der Waals surface area contributed by atoms with Gasteiger partial charge in [-0.05, 0) is 50.6 Å². The van der Waals surface area contributed by atoms with Crippen LogP contribution in [0.15, 0.2) is 29.2 Å². The van der Waals surface area contributed by atoms with Crippen molar-refractivity contribution in [3.05, 3.63) is 24.3 Å². The smallest absolute Gasteiger partial charge is 0.240 e. The van der Waals surface area contributed by atoms with E-state index in [0.717, 1.165) is 31.2 Å². The summed E-state index contributed by atoms with van der Waals surface area (Å²) >= 11 is 0. The van der Waals surface area contributed by atoms with Crippen molar-refractivity contribution in [1.82, 2.24) is 9.62 Å². The Hall–Kier alpha value is -1.11. The van der Waals surface area contributed by atoms with Crippen molar-refractivity contribution in [2.24, 2.45) is 0 Å². The van der Waals surface area contributed by atoms with Crippen LogP contribution >= 0.6 is 0 Å². The zero-order chi connectivity index (χ0) is 15.3. The third kappa shape index (κ3) is 4.98. The summed E-state index contributed by atoms with van der Waals surface area (Å²) in [6, 6.07) is 7.69. The molecule has 1 aliphatic carbocycles. The predicted octanol–water partition coefficient (Wildman–Crippen LogP) is 1.88. The Morgan fingerprint density at radius 3 is 2.43 bits per heavy atom. The monoisotopic (exact) mass is 311 g/mol. The molecule has 0 bridgehead atoms. The largest absolute Gasteiger partial charge is 0.384 e. The third-order valence-electron chi connectivity index (χ3n) is 3.67.